The van der Waals surface area contributed by atoms with E-state index in [1.165, 1.54) is 17.2 Å². The van der Waals surface area contributed by atoms with Crippen molar-refractivity contribution in [1.82, 2.24) is 24.9 Å². The second-order valence-corrected chi connectivity index (χ2v) is 8.88. The van der Waals surface area contributed by atoms with Crippen LogP contribution < -0.4 is 5.32 Å². The largest absolute Gasteiger partial charge is 0.417 e. The Bertz CT molecular complexity index is 1250. The van der Waals surface area contributed by atoms with Crippen molar-refractivity contribution in [1.29, 1.82) is 0 Å². The van der Waals surface area contributed by atoms with Gasteiger partial charge in [0.05, 0.1) is 35.2 Å². The van der Waals surface area contributed by atoms with Gasteiger partial charge in [0, 0.05) is 18.8 Å². The molecule has 1 saturated heterocycles. The summed E-state index contributed by atoms with van der Waals surface area (Å²) in [7, 11) is 0. The van der Waals surface area contributed by atoms with Crippen LogP contribution in [0, 0.1) is 17.2 Å². The summed E-state index contributed by atoms with van der Waals surface area (Å²) in [5.41, 5.74) is -0.135. The molecule has 0 bridgehead atoms. The Kier molecular flexibility index (Phi) is 4.12. The highest BCUT2D eigenvalue weighted by molar-refractivity contribution is 5.98. The molecule has 4 atom stereocenters. The number of nitrogens with one attached hydrogen (secondary N) is 1. The number of carbonyl (C=O) groups excluding carboxylic acids is 1. The van der Waals surface area contributed by atoms with Gasteiger partial charge in [-0.1, -0.05) is 12.1 Å². The molecule has 1 amide bonds. The first-order valence-corrected chi connectivity index (χ1v) is 10.5. The monoisotopic (exact) mass is 458 g/mol. The van der Waals surface area contributed by atoms with E-state index in [0.717, 1.165) is 12.8 Å². The Morgan fingerprint density at radius 1 is 1.15 bits per heavy atom. The summed E-state index contributed by atoms with van der Waals surface area (Å²) < 4.78 is 52.8. The highest BCUT2D eigenvalue weighted by Crippen LogP contribution is 2.71. The number of carbonyl (C=O) groups is 1. The molecule has 3 aliphatic rings. The number of anilines is 1. The van der Waals surface area contributed by atoms with E-state index in [0.29, 0.717) is 36.0 Å². The van der Waals surface area contributed by atoms with Crippen molar-refractivity contribution in [2.75, 3.05) is 11.9 Å². The standard InChI is InChI=1S/C22H18F4N6O/c23-15-7-12(22(24,25)26)10-27-19(15)30-16-9-21-8-13(21)11-31(18(16)21)20(33)14-3-1-2-4-17(14)32-28-5-6-29-32/h1-7,10,13,16,18H,8-9,11H2,(H,27,30). The van der Waals surface area contributed by atoms with Crippen LogP contribution in [0.2, 0.25) is 0 Å². The fraction of sp³-hybridized carbons (Fsp3) is 0.364. The molecule has 1 N–H and O–H groups in total. The number of halogens is 4. The average molecular weight is 458 g/mol. The molecule has 2 aliphatic carbocycles. The maximum atomic E-state index is 14.4. The molecule has 4 unspecified atom stereocenters. The van der Waals surface area contributed by atoms with E-state index in [1.54, 1.807) is 29.2 Å². The fourth-order valence-electron chi connectivity index (χ4n) is 5.56. The lowest BCUT2D eigenvalue weighted by atomic mass is 9.71. The molecular formula is C22H18F4N6O. The van der Waals surface area contributed by atoms with E-state index in [4.69, 9.17) is 0 Å². The first-order chi connectivity index (χ1) is 15.8. The molecule has 2 aromatic heterocycles. The molecule has 1 aromatic carbocycles. The van der Waals surface area contributed by atoms with Crippen molar-refractivity contribution in [2.24, 2.45) is 11.3 Å². The Labute approximate surface area is 185 Å². The van der Waals surface area contributed by atoms with Crippen LogP contribution >= 0.6 is 0 Å². The van der Waals surface area contributed by atoms with Gasteiger partial charge < -0.3 is 10.2 Å². The summed E-state index contributed by atoms with van der Waals surface area (Å²) >= 11 is 0. The lowest BCUT2D eigenvalue weighted by Crippen LogP contribution is -2.60. The summed E-state index contributed by atoms with van der Waals surface area (Å²) in [4.78, 5) is 20.4. The second kappa shape index (κ2) is 6.75. The Morgan fingerprint density at radius 2 is 1.91 bits per heavy atom. The van der Waals surface area contributed by atoms with E-state index in [2.05, 4.69) is 20.5 Å². The number of amides is 1. The minimum absolute atomic E-state index is 0.00535. The number of alkyl halides is 3. The summed E-state index contributed by atoms with van der Waals surface area (Å²) in [6.07, 6.45) is 0.712. The molecule has 11 heteroatoms. The van der Waals surface area contributed by atoms with Crippen LogP contribution in [0.4, 0.5) is 23.4 Å². The number of likely N-dealkylation sites (tertiary alicyclic amines) is 1. The van der Waals surface area contributed by atoms with Gasteiger partial charge in [-0.3, -0.25) is 4.79 Å². The maximum absolute atomic E-state index is 14.4. The molecule has 33 heavy (non-hydrogen) atoms. The van der Waals surface area contributed by atoms with Gasteiger partial charge in [0.2, 0.25) is 0 Å². The molecule has 170 valence electrons. The van der Waals surface area contributed by atoms with Gasteiger partial charge >= 0.3 is 6.18 Å². The van der Waals surface area contributed by atoms with E-state index < -0.39 is 17.6 Å². The SMILES string of the molecule is O=C(c1ccccc1-n1nccn1)N1CC2CC23CC(Nc2ncc(C(F)(F)F)cc2F)C13. The van der Waals surface area contributed by atoms with Gasteiger partial charge in [-0.25, -0.2) is 9.37 Å². The lowest BCUT2D eigenvalue weighted by Gasteiger charge is -2.48. The highest BCUT2D eigenvalue weighted by atomic mass is 19.4. The van der Waals surface area contributed by atoms with Crippen LogP contribution in [0.15, 0.2) is 48.9 Å². The van der Waals surface area contributed by atoms with Crippen LogP contribution in [-0.2, 0) is 6.18 Å². The normalized spacial score (nSPS) is 27.5. The summed E-state index contributed by atoms with van der Waals surface area (Å²) in [6.45, 7) is 0.589. The minimum Gasteiger partial charge on any atom is -0.363 e. The zero-order valence-electron chi connectivity index (χ0n) is 17.1. The molecule has 7 nitrogen and oxygen atoms in total. The number of benzene rings is 1. The lowest BCUT2D eigenvalue weighted by molar-refractivity contribution is -0.138. The zero-order chi connectivity index (χ0) is 23.0. The predicted molar refractivity (Wildman–Crippen MR) is 108 cm³/mol. The molecule has 3 aromatic rings. The quantitative estimate of drug-likeness (QED) is 0.606. The topological polar surface area (TPSA) is 75.9 Å². The fourth-order valence-corrected chi connectivity index (χ4v) is 5.56. The van der Waals surface area contributed by atoms with Gasteiger partial charge in [-0.05, 0) is 42.4 Å². The van der Waals surface area contributed by atoms with Crippen LogP contribution in [-0.4, -0.2) is 49.4 Å². The molecule has 1 spiro atoms. The third-order valence-electron chi connectivity index (χ3n) is 7.12. The number of hydrogen-bond acceptors (Lipinski definition) is 5. The third-order valence-corrected chi connectivity index (χ3v) is 7.12. The first-order valence-electron chi connectivity index (χ1n) is 10.5. The van der Waals surface area contributed by atoms with E-state index in [-0.39, 0.29) is 29.2 Å². The molecule has 3 fully saturated rings. The number of hydrogen-bond donors (Lipinski definition) is 1. The van der Waals surface area contributed by atoms with Gasteiger partial charge in [-0.2, -0.15) is 28.2 Å². The number of para-hydroxylation sites is 1. The Hall–Kier alpha value is -3.50. The summed E-state index contributed by atoms with van der Waals surface area (Å²) in [5.74, 6) is -1.10. The second-order valence-electron chi connectivity index (χ2n) is 8.88. The molecule has 3 heterocycles. The summed E-state index contributed by atoms with van der Waals surface area (Å²) in [6, 6.07) is 7.01. The van der Waals surface area contributed by atoms with Gasteiger partial charge in [0.1, 0.15) is 0 Å². The number of pyridine rings is 1. The highest BCUT2D eigenvalue weighted by Gasteiger charge is 2.75. The third kappa shape index (κ3) is 3.01. The zero-order valence-corrected chi connectivity index (χ0v) is 17.1. The maximum Gasteiger partial charge on any atom is 0.417 e. The van der Waals surface area contributed by atoms with Crippen molar-refractivity contribution in [3.05, 3.63) is 65.9 Å². The first kappa shape index (κ1) is 20.1. The van der Waals surface area contributed by atoms with E-state index >= 15 is 0 Å². The van der Waals surface area contributed by atoms with Crippen LogP contribution in [0.1, 0.15) is 28.8 Å². The van der Waals surface area contributed by atoms with Crippen molar-refractivity contribution in [3.8, 4) is 5.69 Å². The Morgan fingerprint density at radius 3 is 2.64 bits per heavy atom. The number of nitrogens with zero attached hydrogens (tertiary/aromatic N) is 5. The molecule has 2 saturated carbocycles. The van der Waals surface area contributed by atoms with Crippen molar-refractivity contribution < 1.29 is 22.4 Å². The predicted octanol–water partition coefficient (Wildman–Crippen LogP) is 3.54. The van der Waals surface area contributed by atoms with Crippen molar-refractivity contribution in [3.63, 3.8) is 0 Å². The van der Waals surface area contributed by atoms with E-state index in [1.807, 2.05) is 0 Å². The minimum atomic E-state index is -4.67. The van der Waals surface area contributed by atoms with Crippen LogP contribution in [0.3, 0.4) is 0 Å². The summed E-state index contributed by atoms with van der Waals surface area (Å²) in [5, 5.41) is 11.2. The van der Waals surface area contributed by atoms with Gasteiger partial charge in [-0.15, -0.1) is 0 Å². The van der Waals surface area contributed by atoms with Crippen molar-refractivity contribution >= 4 is 11.7 Å². The molecule has 6 rings (SSSR count). The number of piperidine rings is 1. The van der Waals surface area contributed by atoms with Gasteiger partial charge in [0.15, 0.2) is 11.6 Å². The molecule has 1 aliphatic heterocycles. The van der Waals surface area contributed by atoms with Crippen molar-refractivity contribution in [2.45, 2.75) is 31.1 Å². The average Bonchev–Trinajstić information content (AvgIpc) is 3.14. The van der Waals surface area contributed by atoms with Gasteiger partial charge in [0.25, 0.3) is 5.91 Å². The number of aromatic nitrogens is 4. The van der Waals surface area contributed by atoms with Crippen LogP contribution in [0.25, 0.3) is 5.69 Å². The molecule has 0 radical (unpaired) electrons. The number of rotatable bonds is 4. The molecular weight excluding hydrogens is 440 g/mol. The Balaban J connectivity index is 1.26. The van der Waals surface area contributed by atoms with Crippen LogP contribution in [0.5, 0.6) is 0 Å². The van der Waals surface area contributed by atoms with E-state index in [9.17, 15) is 22.4 Å². The smallest absolute Gasteiger partial charge is 0.363 e.